The number of amides is 3. The summed E-state index contributed by atoms with van der Waals surface area (Å²) in [6, 6.07) is 11.4. The number of hydrogen-bond donors (Lipinski definition) is 3. The maximum atomic E-state index is 12.2. The monoisotopic (exact) mass is 385 g/mol. The number of carbonyl (C=O) groups excluding carboxylic acids is 3. The second-order valence-electron chi connectivity index (χ2n) is 5.68. The minimum Gasteiger partial charge on any atom is -0.493 e. The first-order chi connectivity index (χ1) is 13.6. The van der Waals surface area contributed by atoms with Crippen LogP contribution in [0.5, 0.6) is 17.2 Å². The van der Waals surface area contributed by atoms with E-state index in [0.717, 1.165) is 0 Å². The van der Waals surface area contributed by atoms with Gasteiger partial charge in [0.05, 0.1) is 18.7 Å². The predicted octanol–water partition coefficient (Wildman–Crippen LogP) is 1.00. The summed E-state index contributed by atoms with van der Waals surface area (Å²) >= 11 is 0. The predicted molar refractivity (Wildman–Crippen MR) is 98.1 cm³/mol. The summed E-state index contributed by atoms with van der Waals surface area (Å²) in [5.41, 5.74) is 5.12. The molecule has 28 heavy (non-hydrogen) atoms. The first-order valence-corrected chi connectivity index (χ1v) is 8.57. The molecule has 0 aromatic heterocycles. The number of nitrogens with one attached hydrogen (secondary N) is 3. The van der Waals surface area contributed by atoms with Gasteiger partial charge in [-0.3, -0.25) is 25.2 Å². The molecule has 0 fully saturated rings. The molecule has 0 radical (unpaired) electrons. The molecule has 9 nitrogen and oxygen atoms in total. The van der Waals surface area contributed by atoms with Crippen molar-refractivity contribution in [1.29, 1.82) is 0 Å². The summed E-state index contributed by atoms with van der Waals surface area (Å²) < 4.78 is 15.8. The van der Waals surface area contributed by atoms with Crippen molar-refractivity contribution in [2.24, 2.45) is 0 Å². The molecule has 0 saturated heterocycles. The van der Waals surface area contributed by atoms with Crippen molar-refractivity contribution in [3.8, 4) is 17.2 Å². The molecule has 9 heteroatoms. The van der Waals surface area contributed by atoms with Gasteiger partial charge in [0.2, 0.25) is 6.79 Å². The number of carbonyl (C=O) groups is 3. The second kappa shape index (κ2) is 8.76. The van der Waals surface area contributed by atoms with Crippen LogP contribution in [0.2, 0.25) is 0 Å². The van der Waals surface area contributed by atoms with Crippen LogP contribution in [-0.4, -0.2) is 37.7 Å². The summed E-state index contributed by atoms with van der Waals surface area (Å²) in [6.07, 6.45) is 0. The molecule has 0 atom stereocenters. The zero-order chi connectivity index (χ0) is 19.9. The lowest BCUT2D eigenvalue weighted by molar-refractivity contribution is -0.120. The van der Waals surface area contributed by atoms with Crippen molar-refractivity contribution in [2.75, 3.05) is 19.9 Å². The van der Waals surface area contributed by atoms with Gasteiger partial charge in [-0.15, -0.1) is 0 Å². The fraction of sp³-hybridized carbons (Fsp3) is 0.211. The van der Waals surface area contributed by atoms with E-state index in [1.165, 1.54) is 6.07 Å². The molecule has 2 aromatic rings. The Hall–Kier alpha value is -3.75. The Morgan fingerprint density at radius 1 is 1.00 bits per heavy atom. The van der Waals surface area contributed by atoms with Gasteiger partial charge >= 0.3 is 0 Å². The first kappa shape index (κ1) is 19.0. The van der Waals surface area contributed by atoms with Crippen molar-refractivity contribution in [2.45, 2.75) is 6.92 Å². The topological polar surface area (TPSA) is 115 Å². The fourth-order valence-corrected chi connectivity index (χ4v) is 2.47. The molecule has 1 aliphatic rings. The Morgan fingerprint density at radius 3 is 2.61 bits per heavy atom. The summed E-state index contributed by atoms with van der Waals surface area (Å²) in [4.78, 5) is 36.2. The Morgan fingerprint density at radius 2 is 1.79 bits per heavy atom. The van der Waals surface area contributed by atoms with Crippen LogP contribution in [0.25, 0.3) is 0 Å². The molecule has 0 saturated carbocycles. The summed E-state index contributed by atoms with van der Waals surface area (Å²) in [5, 5.41) is 2.48. The molecule has 146 valence electrons. The molecule has 3 rings (SSSR count). The second-order valence-corrected chi connectivity index (χ2v) is 5.68. The number of ether oxygens (including phenoxy) is 3. The van der Waals surface area contributed by atoms with Crippen molar-refractivity contribution >= 4 is 17.7 Å². The minimum absolute atomic E-state index is 0.100. The van der Waals surface area contributed by atoms with Crippen molar-refractivity contribution < 1.29 is 28.6 Å². The summed E-state index contributed by atoms with van der Waals surface area (Å²) in [5.74, 6) is -0.133. The first-order valence-electron chi connectivity index (χ1n) is 8.57. The molecule has 3 amide bonds. The van der Waals surface area contributed by atoms with E-state index in [1.807, 2.05) is 6.92 Å². The number of rotatable bonds is 6. The largest absolute Gasteiger partial charge is 0.493 e. The third-order valence-electron chi connectivity index (χ3n) is 3.79. The maximum Gasteiger partial charge on any atom is 0.269 e. The lowest BCUT2D eigenvalue weighted by atomic mass is 10.2. The lowest BCUT2D eigenvalue weighted by Gasteiger charge is -2.11. The van der Waals surface area contributed by atoms with Crippen molar-refractivity contribution in [1.82, 2.24) is 16.2 Å². The quantitative estimate of drug-likeness (QED) is 0.639. The van der Waals surface area contributed by atoms with Crippen molar-refractivity contribution in [3.63, 3.8) is 0 Å². The molecular formula is C19H19N3O6. The van der Waals surface area contributed by atoms with Gasteiger partial charge < -0.3 is 19.5 Å². The molecule has 2 aromatic carbocycles. The lowest BCUT2D eigenvalue weighted by Crippen LogP contribution is -2.46. The summed E-state index contributed by atoms with van der Waals surface area (Å²) in [6.45, 7) is 2.01. The SMILES string of the molecule is CCOc1ccccc1C(=O)NCC(=O)NNC(=O)c1ccc2c(c1)OCO2. The smallest absolute Gasteiger partial charge is 0.269 e. The Kier molecular flexibility index (Phi) is 5.95. The van der Waals surface area contributed by atoms with Crippen LogP contribution >= 0.6 is 0 Å². The molecule has 0 aliphatic carbocycles. The molecule has 3 N–H and O–H groups in total. The molecule has 0 spiro atoms. The normalized spacial score (nSPS) is 11.5. The Balaban J connectivity index is 1.48. The van der Waals surface area contributed by atoms with E-state index in [2.05, 4.69) is 16.2 Å². The van der Waals surface area contributed by atoms with Crippen molar-refractivity contribution in [3.05, 3.63) is 53.6 Å². The van der Waals surface area contributed by atoms with E-state index in [1.54, 1.807) is 36.4 Å². The fourth-order valence-electron chi connectivity index (χ4n) is 2.47. The van der Waals surface area contributed by atoms with Gasteiger partial charge in [0.25, 0.3) is 17.7 Å². The van der Waals surface area contributed by atoms with Gasteiger partial charge in [-0.25, -0.2) is 0 Å². The zero-order valence-corrected chi connectivity index (χ0v) is 15.1. The maximum absolute atomic E-state index is 12.2. The van der Waals surface area contributed by atoms with Crippen LogP contribution in [0.4, 0.5) is 0 Å². The third kappa shape index (κ3) is 4.50. The van der Waals surface area contributed by atoms with Gasteiger partial charge in [0, 0.05) is 5.56 Å². The Bertz CT molecular complexity index is 899. The van der Waals surface area contributed by atoms with E-state index in [4.69, 9.17) is 14.2 Å². The minimum atomic E-state index is -0.587. The zero-order valence-electron chi connectivity index (χ0n) is 15.1. The van der Waals surface area contributed by atoms with Crippen LogP contribution in [0.15, 0.2) is 42.5 Å². The number of benzene rings is 2. The third-order valence-corrected chi connectivity index (χ3v) is 3.79. The average molecular weight is 385 g/mol. The van der Waals surface area contributed by atoms with Gasteiger partial charge in [-0.2, -0.15) is 0 Å². The van der Waals surface area contributed by atoms with E-state index < -0.39 is 17.7 Å². The average Bonchev–Trinajstić information content (AvgIpc) is 3.18. The van der Waals surface area contributed by atoms with Crippen LogP contribution in [0, 0.1) is 0 Å². The van der Waals surface area contributed by atoms with Gasteiger partial charge in [-0.1, -0.05) is 12.1 Å². The molecule has 0 bridgehead atoms. The highest BCUT2D eigenvalue weighted by Crippen LogP contribution is 2.32. The standard InChI is InChI=1S/C19H19N3O6/c1-2-26-14-6-4-3-5-13(14)19(25)20-10-17(23)21-22-18(24)12-7-8-15-16(9-12)28-11-27-15/h3-9H,2,10-11H2,1H3,(H,20,25)(H,21,23)(H,22,24). The van der Waals surface area contributed by atoms with Gasteiger partial charge in [-0.05, 0) is 37.3 Å². The highest BCUT2D eigenvalue weighted by atomic mass is 16.7. The highest BCUT2D eigenvalue weighted by molar-refractivity contribution is 5.99. The van der Waals surface area contributed by atoms with E-state index >= 15 is 0 Å². The Labute approximate surface area is 160 Å². The van der Waals surface area contributed by atoms with Crippen LogP contribution < -0.4 is 30.4 Å². The molecule has 1 aliphatic heterocycles. The van der Waals surface area contributed by atoms with Crippen LogP contribution in [0.1, 0.15) is 27.6 Å². The van der Waals surface area contributed by atoms with E-state index in [-0.39, 0.29) is 13.3 Å². The van der Waals surface area contributed by atoms with Gasteiger partial charge in [0.1, 0.15) is 5.75 Å². The van der Waals surface area contributed by atoms with Crippen LogP contribution in [-0.2, 0) is 4.79 Å². The van der Waals surface area contributed by atoms with Crippen LogP contribution in [0.3, 0.4) is 0 Å². The van der Waals surface area contributed by atoms with E-state index in [0.29, 0.717) is 35.0 Å². The molecule has 0 unspecified atom stereocenters. The summed E-state index contributed by atoms with van der Waals surface area (Å²) in [7, 11) is 0. The van der Waals surface area contributed by atoms with Gasteiger partial charge in [0.15, 0.2) is 11.5 Å². The molecular weight excluding hydrogens is 366 g/mol. The number of fused-ring (bicyclic) bond motifs is 1. The molecule has 1 heterocycles. The number of hydrogen-bond acceptors (Lipinski definition) is 6. The highest BCUT2D eigenvalue weighted by Gasteiger charge is 2.17. The number of hydrazine groups is 1. The number of para-hydroxylation sites is 1. The van der Waals surface area contributed by atoms with E-state index in [9.17, 15) is 14.4 Å².